The van der Waals surface area contributed by atoms with E-state index in [1.54, 1.807) is 12.1 Å². The summed E-state index contributed by atoms with van der Waals surface area (Å²) in [6, 6.07) is 5.95. The molecule has 0 amide bonds. The highest BCUT2D eigenvalue weighted by molar-refractivity contribution is 7.89. The lowest BCUT2D eigenvalue weighted by Crippen LogP contribution is -2.11. The Morgan fingerprint density at radius 3 is 2.33 bits per heavy atom. The third-order valence-corrected chi connectivity index (χ3v) is 2.58. The van der Waals surface area contributed by atoms with Crippen LogP contribution in [0.4, 0.5) is 0 Å². The zero-order chi connectivity index (χ0) is 11.3. The number of sulfonamides is 1. The number of benzene rings is 1. The van der Waals surface area contributed by atoms with Crippen LogP contribution in [0.1, 0.15) is 12.0 Å². The van der Waals surface area contributed by atoms with Gasteiger partial charge in [-0.1, -0.05) is 11.8 Å². The molecule has 5 heteroatoms. The number of nitrogens with two attached hydrogens (primary N) is 1. The van der Waals surface area contributed by atoms with Crippen molar-refractivity contribution in [2.24, 2.45) is 5.14 Å². The first-order valence-corrected chi connectivity index (χ1v) is 5.81. The van der Waals surface area contributed by atoms with Crippen LogP contribution in [0.3, 0.4) is 0 Å². The lowest BCUT2D eigenvalue weighted by atomic mass is 10.2. The fraction of sp³-hybridized carbons (Fsp3) is 0.200. The van der Waals surface area contributed by atoms with E-state index >= 15 is 0 Å². The number of rotatable bonds is 2. The molecule has 0 aliphatic rings. The first-order valence-electron chi connectivity index (χ1n) is 4.26. The van der Waals surface area contributed by atoms with E-state index in [2.05, 4.69) is 11.8 Å². The molecule has 0 aliphatic heterocycles. The Kier molecular flexibility index (Phi) is 3.86. The number of aliphatic hydroxyl groups is 1. The molecule has 0 radical (unpaired) electrons. The van der Waals surface area contributed by atoms with Crippen molar-refractivity contribution in [3.05, 3.63) is 29.8 Å². The second-order valence-electron chi connectivity index (χ2n) is 2.84. The Hall–Kier alpha value is -1.35. The summed E-state index contributed by atoms with van der Waals surface area (Å²) < 4.78 is 21.8. The topological polar surface area (TPSA) is 80.4 Å². The molecule has 15 heavy (non-hydrogen) atoms. The van der Waals surface area contributed by atoms with Gasteiger partial charge in [-0.25, -0.2) is 13.6 Å². The molecule has 0 aromatic heterocycles. The SMILES string of the molecule is NS(=O)(=O)c1ccc(C#CCCO)cc1. The van der Waals surface area contributed by atoms with Crippen molar-refractivity contribution in [2.45, 2.75) is 11.3 Å². The molecule has 0 saturated heterocycles. The molecule has 1 rings (SSSR count). The van der Waals surface area contributed by atoms with E-state index in [9.17, 15) is 8.42 Å². The Morgan fingerprint density at radius 2 is 1.87 bits per heavy atom. The number of hydrogen-bond donors (Lipinski definition) is 2. The fourth-order valence-electron chi connectivity index (χ4n) is 0.948. The molecule has 1 aromatic carbocycles. The smallest absolute Gasteiger partial charge is 0.238 e. The van der Waals surface area contributed by atoms with Crippen LogP contribution >= 0.6 is 0 Å². The van der Waals surface area contributed by atoms with Crippen molar-refractivity contribution >= 4 is 10.0 Å². The van der Waals surface area contributed by atoms with E-state index in [0.717, 1.165) is 0 Å². The molecule has 0 saturated carbocycles. The molecule has 3 N–H and O–H groups in total. The van der Waals surface area contributed by atoms with E-state index in [4.69, 9.17) is 10.2 Å². The fourth-order valence-corrected chi connectivity index (χ4v) is 1.46. The van der Waals surface area contributed by atoms with Crippen LogP contribution in [-0.2, 0) is 10.0 Å². The van der Waals surface area contributed by atoms with Crippen molar-refractivity contribution in [1.29, 1.82) is 0 Å². The van der Waals surface area contributed by atoms with Crippen molar-refractivity contribution in [3.63, 3.8) is 0 Å². The summed E-state index contributed by atoms with van der Waals surface area (Å²) >= 11 is 0. The Morgan fingerprint density at radius 1 is 1.27 bits per heavy atom. The minimum absolute atomic E-state index is 0.0161. The van der Waals surface area contributed by atoms with Gasteiger partial charge in [-0.05, 0) is 24.3 Å². The summed E-state index contributed by atoms with van der Waals surface area (Å²) in [5.41, 5.74) is 0.691. The van der Waals surface area contributed by atoms with E-state index in [-0.39, 0.29) is 11.5 Å². The number of primary sulfonamides is 1. The highest BCUT2D eigenvalue weighted by Crippen LogP contribution is 2.07. The van der Waals surface area contributed by atoms with E-state index in [0.29, 0.717) is 12.0 Å². The lowest BCUT2D eigenvalue weighted by molar-refractivity contribution is 0.305. The summed E-state index contributed by atoms with van der Waals surface area (Å²) in [4.78, 5) is 0.0650. The van der Waals surface area contributed by atoms with Gasteiger partial charge >= 0.3 is 0 Å². The third-order valence-electron chi connectivity index (χ3n) is 1.65. The molecule has 0 atom stereocenters. The van der Waals surface area contributed by atoms with E-state index in [1.165, 1.54) is 12.1 Å². The molecule has 0 bridgehead atoms. The van der Waals surface area contributed by atoms with Crippen LogP contribution < -0.4 is 5.14 Å². The van der Waals surface area contributed by atoms with Crippen LogP contribution in [0.5, 0.6) is 0 Å². The molecule has 4 nitrogen and oxygen atoms in total. The van der Waals surface area contributed by atoms with Crippen molar-refractivity contribution in [2.75, 3.05) is 6.61 Å². The average Bonchev–Trinajstić information content (AvgIpc) is 2.18. The number of aliphatic hydroxyl groups excluding tert-OH is 1. The van der Waals surface area contributed by atoms with Gasteiger partial charge in [0.25, 0.3) is 0 Å². The van der Waals surface area contributed by atoms with Crippen molar-refractivity contribution < 1.29 is 13.5 Å². The normalized spacial score (nSPS) is 10.5. The summed E-state index contributed by atoms with van der Waals surface area (Å²) in [5, 5.41) is 13.4. The predicted molar refractivity (Wildman–Crippen MR) is 56.4 cm³/mol. The lowest BCUT2D eigenvalue weighted by Gasteiger charge is -1.96. The summed E-state index contributed by atoms with van der Waals surface area (Å²) in [6.45, 7) is 0.0161. The summed E-state index contributed by atoms with van der Waals surface area (Å²) in [6.07, 6.45) is 0.400. The highest BCUT2D eigenvalue weighted by atomic mass is 32.2. The van der Waals surface area contributed by atoms with Gasteiger partial charge in [-0.2, -0.15) is 0 Å². The first-order chi connectivity index (χ1) is 7.04. The molecule has 0 fully saturated rings. The van der Waals surface area contributed by atoms with Crippen molar-refractivity contribution in [1.82, 2.24) is 0 Å². The molecular weight excluding hydrogens is 214 g/mol. The molecule has 0 heterocycles. The third kappa shape index (κ3) is 3.72. The van der Waals surface area contributed by atoms with Crippen LogP contribution in [0.15, 0.2) is 29.2 Å². The van der Waals surface area contributed by atoms with E-state index in [1.807, 2.05) is 0 Å². The highest BCUT2D eigenvalue weighted by Gasteiger charge is 2.05. The first kappa shape index (κ1) is 11.7. The van der Waals surface area contributed by atoms with Crippen LogP contribution in [0.25, 0.3) is 0 Å². The Labute approximate surface area is 88.8 Å². The Bertz CT molecular complexity index is 480. The van der Waals surface area contributed by atoms with Gasteiger partial charge < -0.3 is 5.11 Å². The summed E-state index contributed by atoms with van der Waals surface area (Å²) in [7, 11) is -3.63. The molecule has 0 spiro atoms. The second kappa shape index (κ2) is 4.94. The molecular formula is C10H11NO3S. The molecule has 0 unspecified atom stereocenters. The minimum atomic E-state index is -3.63. The zero-order valence-electron chi connectivity index (χ0n) is 7.97. The minimum Gasteiger partial charge on any atom is -0.395 e. The van der Waals surface area contributed by atoms with Crippen molar-refractivity contribution in [3.8, 4) is 11.8 Å². The average molecular weight is 225 g/mol. The molecule has 1 aromatic rings. The molecule has 80 valence electrons. The van der Waals surface area contributed by atoms with Gasteiger partial charge in [0.15, 0.2) is 0 Å². The van der Waals surface area contributed by atoms with Gasteiger partial charge in [-0.3, -0.25) is 0 Å². The van der Waals surface area contributed by atoms with Crippen LogP contribution in [0, 0.1) is 11.8 Å². The van der Waals surface area contributed by atoms with Gasteiger partial charge in [0.1, 0.15) is 0 Å². The van der Waals surface area contributed by atoms with Gasteiger partial charge in [0.05, 0.1) is 11.5 Å². The molecule has 0 aliphatic carbocycles. The second-order valence-corrected chi connectivity index (χ2v) is 4.41. The van der Waals surface area contributed by atoms with Gasteiger partial charge in [0.2, 0.25) is 10.0 Å². The number of hydrogen-bond acceptors (Lipinski definition) is 3. The van der Waals surface area contributed by atoms with Crippen LogP contribution in [-0.4, -0.2) is 20.1 Å². The van der Waals surface area contributed by atoms with Crippen LogP contribution in [0.2, 0.25) is 0 Å². The standard InChI is InChI=1S/C10H11NO3S/c11-15(13,14)10-6-4-9(5-7-10)3-1-2-8-12/h4-7,12H,2,8H2,(H2,11,13,14). The maximum Gasteiger partial charge on any atom is 0.238 e. The van der Waals surface area contributed by atoms with Gasteiger partial charge in [0, 0.05) is 12.0 Å². The summed E-state index contributed by atoms with van der Waals surface area (Å²) in [5.74, 6) is 5.51. The zero-order valence-corrected chi connectivity index (χ0v) is 8.79. The Balaban J connectivity index is 2.88. The largest absolute Gasteiger partial charge is 0.395 e. The maximum absolute atomic E-state index is 10.9. The van der Waals surface area contributed by atoms with E-state index < -0.39 is 10.0 Å². The predicted octanol–water partition coefficient (Wildman–Crippen LogP) is 0.0679. The monoisotopic (exact) mass is 225 g/mol. The quantitative estimate of drug-likeness (QED) is 0.699. The van der Waals surface area contributed by atoms with Gasteiger partial charge in [-0.15, -0.1) is 0 Å². The maximum atomic E-state index is 10.9.